The maximum atomic E-state index is 13.0. The molecule has 2 saturated heterocycles. The van der Waals surface area contributed by atoms with Crippen molar-refractivity contribution in [3.8, 4) is 0 Å². The van der Waals surface area contributed by atoms with E-state index in [1.165, 1.54) is 12.7 Å². The van der Waals surface area contributed by atoms with Gasteiger partial charge < -0.3 is 29.8 Å². The van der Waals surface area contributed by atoms with Crippen molar-refractivity contribution >= 4 is 24.9 Å². The predicted octanol–water partition coefficient (Wildman–Crippen LogP) is 0.554. The van der Waals surface area contributed by atoms with Gasteiger partial charge in [-0.2, -0.15) is 4.98 Å². The SMILES string of the molecule is CCOC1C[C@H](n2cnc3c(=O)[nH]c(C)nc32)O[C@@H]1COP(=O)(O)OC1C[C@H](n2cnc(N)nc2=O)O[C@@H]1CC. The van der Waals surface area contributed by atoms with E-state index in [1.54, 1.807) is 11.5 Å². The maximum absolute atomic E-state index is 13.0. The average molecular weight is 583 g/mol. The van der Waals surface area contributed by atoms with Crippen LogP contribution in [0.4, 0.5) is 5.95 Å². The molecule has 0 radical (unpaired) electrons. The number of anilines is 1. The number of nitrogens with one attached hydrogen (secondary N) is 1. The van der Waals surface area contributed by atoms with Gasteiger partial charge in [0.2, 0.25) is 5.95 Å². The van der Waals surface area contributed by atoms with E-state index in [0.717, 1.165) is 4.57 Å². The molecule has 0 aliphatic carbocycles. The Labute approximate surface area is 227 Å². The second-order valence-electron chi connectivity index (χ2n) is 9.42. The summed E-state index contributed by atoms with van der Waals surface area (Å²) in [7, 11) is -4.59. The van der Waals surface area contributed by atoms with Gasteiger partial charge in [0.1, 0.15) is 30.7 Å². The van der Waals surface area contributed by atoms with Crippen LogP contribution in [0.2, 0.25) is 0 Å². The van der Waals surface area contributed by atoms with Gasteiger partial charge in [0.15, 0.2) is 11.2 Å². The number of aryl methyl sites for hydroxylation is 1. The zero-order chi connectivity index (χ0) is 28.6. The third kappa shape index (κ3) is 5.85. The molecule has 3 unspecified atom stereocenters. The fourth-order valence-electron chi connectivity index (χ4n) is 4.92. The molecule has 18 heteroatoms. The molecule has 3 aromatic rings. The van der Waals surface area contributed by atoms with Crippen LogP contribution in [-0.4, -0.2) is 76.6 Å². The first-order valence-corrected chi connectivity index (χ1v) is 14.3. The quantitative estimate of drug-likeness (QED) is 0.278. The lowest BCUT2D eigenvalue weighted by atomic mass is 10.1. The average Bonchev–Trinajstić information content (AvgIpc) is 3.59. The Morgan fingerprint density at radius 1 is 1.10 bits per heavy atom. The van der Waals surface area contributed by atoms with Crippen molar-refractivity contribution in [3.63, 3.8) is 0 Å². The molecule has 218 valence electrons. The molecule has 40 heavy (non-hydrogen) atoms. The van der Waals surface area contributed by atoms with Crippen molar-refractivity contribution in [1.82, 2.24) is 34.1 Å². The molecule has 2 fully saturated rings. The van der Waals surface area contributed by atoms with Gasteiger partial charge >= 0.3 is 13.5 Å². The van der Waals surface area contributed by atoms with Gasteiger partial charge in [0.25, 0.3) is 5.56 Å². The molecule has 0 spiro atoms. The first-order valence-electron chi connectivity index (χ1n) is 12.8. The standard InChI is InChI=1S/C22H31N8O9P/c1-4-12-14(7-17(37-12)30-10-25-21(23)28-22(30)32)39-40(33,34)36-8-15-13(35-5-2)6-16(38-15)29-9-24-18-19(29)26-11(3)27-20(18)31/h9-10,12-17H,4-8H2,1-3H3,(H,33,34)(H2,23,28,32)(H,26,27,31)/t12-,13?,14?,15-,16-,17-/m1/s1. The van der Waals surface area contributed by atoms with Crippen LogP contribution in [0.25, 0.3) is 11.2 Å². The van der Waals surface area contributed by atoms with Crippen molar-refractivity contribution < 1.29 is 32.7 Å². The summed E-state index contributed by atoms with van der Waals surface area (Å²) in [6, 6.07) is 0. The van der Waals surface area contributed by atoms with Crippen LogP contribution in [0.1, 0.15) is 51.4 Å². The molecule has 0 bridgehead atoms. The lowest BCUT2D eigenvalue weighted by Crippen LogP contribution is -2.29. The summed E-state index contributed by atoms with van der Waals surface area (Å²) in [5.41, 5.74) is 4.95. The zero-order valence-corrected chi connectivity index (χ0v) is 23.0. The Kier molecular flexibility index (Phi) is 8.15. The van der Waals surface area contributed by atoms with Gasteiger partial charge in [-0.3, -0.25) is 23.0 Å². The monoisotopic (exact) mass is 582 g/mol. The fourth-order valence-corrected chi connectivity index (χ4v) is 5.88. The van der Waals surface area contributed by atoms with E-state index >= 15 is 0 Å². The number of phosphoric acid groups is 1. The second kappa shape index (κ2) is 11.4. The Balaban J connectivity index is 1.25. The summed E-state index contributed by atoms with van der Waals surface area (Å²) in [5.74, 6) is 0.254. The largest absolute Gasteiger partial charge is 0.472 e. The Bertz CT molecular complexity index is 1530. The molecule has 2 aliphatic rings. The van der Waals surface area contributed by atoms with Gasteiger partial charge in [-0.1, -0.05) is 6.92 Å². The molecule has 0 saturated carbocycles. The van der Waals surface area contributed by atoms with Gasteiger partial charge in [0, 0.05) is 19.4 Å². The molecule has 7 atom stereocenters. The van der Waals surface area contributed by atoms with Gasteiger partial charge in [0.05, 0.1) is 31.2 Å². The first kappa shape index (κ1) is 28.5. The molecule has 17 nitrogen and oxygen atoms in total. The zero-order valence-electron chi connectivity index (χ0n) is 22.1. The van der Waals surface area contributed by atoms with Crippen LogP contribution in [-0.2, 0) is 27.8 Å². The highest BCUT2D eigenvalue weighted by atomic mass is 31.2. The molecule has 4 N–H and O–H groups in total. The van der Waals surface area contributed by atoms with E-state index in [0.29, 0.717) is 30.9 Å². The number of nitrogen functional groups attached to an aromatic ring is 1. The van der Waals surface area contributed by atoms with Crippen molar-refractivity contribution in [3.05, 3.63) is 39.3 Å². The van der Waals surface area contributed by atoms with Gasteiger partial charge in [-0.05, 0) is 20.3 Å². The fraction of sp³-hybridized carbons (Fsp3) is 0.636. The number of fused-ring (bicyclic) bond motifs is 1. The van der Waals surface area contributed by atoms with Crippen LogP contribution < -0.4 is 17.0 Å². The predicted molar refractivity (Wildman–Crippen MR) is 137 cm³/mol. The minimum Gasteiger partial charge on any atom is -0.376 e. The molecule has 5 rings (SSSR count). The summed E-state index contributed by atoms with van der Waals surface area (Å²) in [5, 5.41) is 0. The van der Waals surface area contributed by atoms with E-state index in [1.807, 2.05) is 13.8 Å². The number of imidazole rings is 1. The minimum atomic E-state index is -4.59. The Hall–Kier alpha value is -3.05. The molecule has 3 aromatic heterocycles. The highest BCUT2D eigenvalue weighted by Gasteiger charge is 2.43. The van der Waals surface area contributed by atoms with Crippen molar-refractivity contribution in [2.24, 2.45) is 0 Å². The lowest BCUT2D eigenvalue weighted by Gasteiger charge is -2.23. The summed E-state index contributed by atoms with van der Waals surface area (Å²) < 4.78 is 44.3. The molecule has 2 aliphatic heterocycles. The van der Waals surface area contributed by atoms with Crippen LogP contribution in [0.5, 0.6) is 0 Å². The number of hydrogen-bond acceptors (Lipinski definition) is 13. The number of aromatic nitrogens is 7. The van der Waals surface area contributed by atoms with E-state index in [9.17, 15) is 19.0 Å². The van der Waals surface area contributed by atoms with Crippen LogP contribution in [0.15, 0.2) is 22.2 Å². The number of nitrogens with zero attached hydrogens (tertiary/aromatic N) is 6. The van der Waals surface area contributed by atoms with E-state index < -0.39 is 50.4 Å². The third-order valence-electron chi connectivity index (χ3n) is 6.73. The normalized spacial score (nSPS) is 28.3. The van der Waals surface area contributed by atoms with E-state index in [4.69, 9.17) is 29.0 Å². The number of H-pyrrole nitrogens is 1. The van der Waals surface area contributed by atoms with Gasteiger partial charge in [-0.25, -0.2) is 24.3 Å². The highest BCUT2D eigenvalue weighted by molar-refractivity contribution is 7.47. The Morgan fingerprint density at radius 3 is 2.52 bits per heavy atom. The van der Waals surface area contributed by atoms with Crippen LogP contribution in [0.3, 0.4) is 0 Å². The van der Waals surface area contributed by atoms with Crippen molar-refractivity contribution in [1.29, 1.82) is 0 Å². The number of rotatable bonds is 10. The molecule has 5 heterocycles. The van der Waals surface area contributed by atoms with Crippen molar-refractivity contribution in [2.45, 2.75) is 76.9 Å². The summed E-state index contributed by atoms with van der Waals surface area (Å²) >= 11 is 0. The number of phosphoric ester groups is 1. The minimum absolute atomic E-state index is 0.0857. The number of aromatic amines is 1. The third-order valence-corrected chi connectivity index (χ3v) is 7.74. The van der Waals surface area contributed by atoms with Gasteiger partial charge in [-0.15, -0.1) is 0 Å². The summed E-state index contributed by atoms with van der Waals surface area (Å²) in [4.78, 5) is 53.5. The van der Waals surface area contributed by atoms with Crippen molar-refractivity contribution in [2.75, 3.05) is 18.9 Å². The molecule has 0 aromatic carbocycles. The van der Waals surface area contributed by atoms with E-state index in [-0.39, 0.29) is 30.1 Å². The molecular weight excluding hydrogens is 551 g/mol. The second-order valence-corrected chi connectivity index (χ2v) is 10.8. The summed E-state index contributed by atoms with van der Waals surface area (Å²) in [6.45, 7) is 5.36. The number of hydrogen-bond donors (Lipinski definition) is 3. The van der Waals surface area contributed by atoms with E-state index in [2.05, 4.69) is 24.9 Å². The smallest absolute Gasteiger partial charge is 0.376 e. The number of nitrogens with two attached hydrogens (primary N) is 1. The maximum Gasteiger partial charge on any atom is 0.472 e. The van der Waals surface area contributed by atoms with Crippen LogP contribution >= 0.6 is 7.82 Å². The number of ether oxygens (including phenoxy) is 3. The summed E-state index contributed by atoms with van der Waals surface area (Å²) in [6.07, 6.45) is -0.481. The lowest BCUT2D eigenvalue weighted by molar-refractivity contribution is -0.0620. The topological polar surface area (TPSA) is 221 Å². The molecular formula is C22H31N8O9P. The first-order chi connectivity index (χ1) is 19.1. The van der Waals surface area contributed by atoms with Crippen LogP contribution in [0, 0.1) is 6.92 Å². The molecule has 0 amide bonds. The Morgan fingerprint density at radius 2 is 1.80 bits per heavy atom. The highest BCUT2D eigenvalue weighted by Crippen LogP contribution is 2.49.